The summed E-state index contributed by atoms with van der Waals surface area (Å²) in [5.41, 5.74) is 2.97. The van der Waals surface area contributed by atoms with E-state index in [1.54, 1.807) is 0 Å². The molecule has 0 saturated heterocycles. The van der Waals surface area contributed by atoms with Gasteiger partial charge < -0.3 is 5.32 Å². The first-order valence-corrected chi connectivity index (χ1v) is 7.99. The van der Waals surface area contributed by atoms with Gasteiger partial charge in [-0.05, 0) is 52.4 Å². The number of hydrogen-bond donors (Lipinski definition) is 1. The summed E-state index contributed by atoms with van der Waals surface area (Å²) in [7, 11) is 2.10. The van der Waals surface area contributed by atoms with Crippen molar-refractivity contribution in [1.29, 1.82) is 0 Å². The van der Waals surface area contributed by atoms with Gasteiger partial charge in [0.1, 0.15) is 0 Å². The number of benzene rings is 1. The Morgan fingerprint density at radius 3 is 2.30 bits per heavy atom. The predicted molar refractivity (Wildman–Crippen MR) is 89.3 cm³/mol. The lowest BCUT2D eigenvalue weighted by Crippen LogP contribution is -2.59. The van der Waals surface area contributed by atoms with Crippen molar-refractivity contribution in [2.45, 2.75) is 59.0 Å². The topological polar surface area (TPSA) is 15.3 Å². The molecule has 2 atom stereocenters. The monoisotopic (exact) mass is 276 g/mol. The maximum absolute atomic E-state index is 3.57. The van der Waals surface area contributed by atoms with Gasteiger partial charge in [-0.2, -0.15) is 0 Å². The summed E-state index contributed by atoms with van der Waals surface area (Å²) in [6.45, 7) is 13.6. The highest BCUT2D eigenvalue weighted by molar-refractivity contribution is 5.23. The Bertz CT molecular complexity index is 398. The second-order valence-electron chi connectivity index (χ2n) is 5.92. The van der Waals surface area contributed by atoms with E-state index in [4.69, 9.17) is 0 Å². The van der Waals surface area contributed by atoms with Crippen molar-refractivity contribution in [3.63, 3.8) is 0 Å². The summed E-state index contributed by atoms with van der Waals surface area (Å²) >= 11 is 0. The fourth-order valence-electron chi connectivity index (χ4n) is 3.34. The van der Waals surface area contributed by atoms with E-state index in [2.05, 4.69) is 76.1 Å². The maximum atomic E-state index is 3.57. The van der Waals surface area contributed by atoms with Gasteiger partial charge in [0.2, 0.25) is 0 Å². The van der Waals surface area contributed by atoms with Gasteiger partial charge in [0.25, 0.3) is 0 Å². The molecule has 2 heteroatoms. The highest BCUT2D eigenvalue weighted by Crippen LogP contribution is 2.26. The third kappa shape index (κ3) is 3.83. The van der Waals surface area contributed by atoms with Gasteiger partial charge in [0.15, 0.2) is 0 Å². The van der Waals surface area contributed by atoms with E-state index in [1.807, 2.05) is 0 Å². The van der Waals surface area contributed by atoms with Gasteiger partial charge in [0, 0.05) is 11.6 Å². The average molecular weight is 276 g/mol. The Balaban J connectivity index is 2.97. The van der Waals surface area contributed by atoms with Crippen LogP contribution in [0.4, 0.5) is 0 Å². The van der Waals surface area contributed by atoms with Crippen molar-refractivity contribution in [2.75, 3.05) is 20.1 Å². The molecule has 1 aromatic rings. The van der Waals surface area contributed by atoms with Crippen molar-refractivity contribution in [1.82, 2.24) is 10.2 Å². The molecule has 114 valence electrons. The first-order valence-electron chi connectivity index (χ1n) is 7.99. The van der Waals surface area contributed by atoms with E-state index in [0.29, 0.717) is 6.04 Å². The molecule has 0 fully saturated rings. The van der Waals surface area contributed by atoms with Crippen LogP contribution in [0.25, 0.3) is 0 Å². The number of rotatable bonds is 8. The number of nitrogens with one attached hydrogen (secondary N) is 1. The zero-order valence-corrected chi connectivity index (χ0v) is 14.2. The van der Waals surface area contributed by atoms with Gasteiger partial charge in [-0.25, -0.2) is 0 Å². The van der Waals surface area contributed by atoms with E-state index in [-0.39, 0.29) is 5.54 Å². The minimum atomic E-state index is 0.196. The fraction of sp³-hybridized carbons (Fsp3) is 0.667. The van der Waals surface area contributed by atoms with Crippen LogP contribution in [0.15, 0.2) is 24.3 Å². The van der Waals surface area contributed by atoms with Gasteiger partial charge in [0.05, 0.1) is 0 Å². The second kappa shape index (κ2) is 7.80. The summed E-state index contributed by atoms with van der Waals surface area (Å²) < 4.78 is 0. The lowest BCUT2D eigenvalue weighted by molar-refractivity contribution is 0.0730. The summed E-state index contributed by atoms with van der Waals surface area (Å²) in [6, 6.07) is 9.35. The molecule has 0 bridgehead atoms. The van der Waals surface area contributed by atoms with Crippen molar-refractivity contribution < 1.29 is 0 Å². The Morgan fingerprint density at radius 1 is 1.20 bits per heavy atom. The molecule has 1 aromatic carbocycles. The third-order valence-corrected chi connectivity index (χ3v) is 4.82. The van der Waals surface area contributed by atoms with Crippen molar-refractivity contribution in [3.8, 4) is 0 Å². The summed E-state index contributed by atoms with van der Waals surface area (Å²) in [4.78, 5) is 2.59. The highest BCUT2D eigenvalue weighted by Gasteiger charge is 2.35. The summed E-state index contributed by atoms with van der Waals surface area (Å²) in [5.74, 6) is 0. The molecule has 0 saturated carbocycles. The molecule has 0 aliphatic carbocycles. The van der Waals surface area contributed by atoms with Gasteiger partial charge in [-0.1, -0.05) is 50.6 Å². The normalized spacial score (nSPS) is 16.1. The minimum Gasteiger partial charge on any atom is -0.315 e. The number of hydrogen-bond acceptors (Lipinski definition) is 2. The Labute approximate surface area is 125 Å². The average Bonchev–Trinajstić information content (AvgIpc) is 2.45. The molecule has 1 N–H and O–H groups in total. The Kier molecular flexibility index (Phi) is 6.70. The molecular weight excluding hydrogens is 244 g/mol. The van der Waals surface area contributed by atoms with Gasteiger partial charge in [-0.15, -0.1) is 0 Å². The molecule has 0 amide bonds. The molecule has 0 spiro atoms. The van der Waals surface area contributed by atoms with Crippen LogP contribution in [0.2, 0.25) is 0 Å². The zero-order chi connectivity index (χ0) is 15.2. The first kappa shape index (κ1) is 17.2. The van der Waals surface area contributed by atoms with E-state index >= 15 is 0 Å². The van der Waals surface area contributed by atoms with Crippen molar-refractivity contribution in [2.24, 2.45) is 0 Å². The Morgan fingerprint density at radius 2 is 1.85 bits per heavy atom. The van der Waals surface area contributed by atoms with Crippen LogP contribution < -0.4 is 5.32 Å². The molecule has 0 aliphatic rings. The molecule has 2 nitrogen and oxygen atoms in total. The third-order valence-electron chi connectivity index (χ3n) is 4.82. The highest BCUT2D eigenvalue weighted by atomic mass is 15.2. The smallest absolute Gasteiger partial charge is 0.0334 e. The molecule has 2 unspecified atom stereocenters. The first-order chi connectivity index (χ1) is 9.51. The molecular formula is C18H32N2. The van der Waals surface area contributed by atoms with Crippen LogP contribution in [0, 0.1) is 6.92 Å². The van der Waals surface area contributed by atoms with Crippen molar-refractivity contribution >= 4 is 0 Å². The molecule has 20 heavy (non-hydrogen) atoms. The molecule has 0 aliphatic heterocycles. The lowest BCUT2D eigenvalue weighted by atomic mass is 9.83. The van der Waals surface area contributed by atoms with Crippen LogP contribution in [-0.2, 0) is 6.42 Å². The zero-order valence-electron chi connectivity index (χ0n) is 14.2. The van der Waals surface area contributed by atoms with Crippen LogP contribution in [0.5, 0.6) is 0 Å². The Hall–Kier alpha value is -0.860. The molecule has 0 aromatic heterocycles. The van der Waals surface area contributed by atoms with Crippen LogP contribution in [0.1, 0.15) is 45.2 Å². The summed E-state index contributed by atoms with van der Waals surface area (Å²) in [6.07, 6.45) is 2.24. The van der Waals surface area contributed by atoms with Gasteiger partial charge in [-0.3, -0.25) is 4.90 Å². The quantitative estimate of drug-likeness (QED) is 0.780. The SMILES string of the molecule is CCN(CC)C(C)(CC)C(Cc1cccc(C)c1)NC. The van der Waals surface area contributed by atoms with Crippen molar-refractivity contribution in [3.05, 3.63) is 35.4 Å². The van der Waals surface area contributed by atoms with Crippen LogP contribution in [-0.4, -0.2) is 36.6 Å². The van der Waals surface area contributed by atoms with Crippen LogP contribution >= 0.6 is 0 Å². The van der Waals surface area contributed by atoms with E-state index in [1.165, 1.54) is 11.1 Å². The molecule has 1 rings (SSSR count). The summed E-state index contributed by atoms with van der Waals surface area (Å²) in [5, 5.41) is 3.57. The van der Waals surface area contributed by atoms with Gasteiger partial charge >= 0.3 is 0 Å². The van der Waals surface area contributed by atoms with Crippen LogP contribution in [0.3, 0.4) is 0 Å². The number of likely N-dealkylation sites (N-methyl/N-ethyl adjacent to an activating group) is 2. The van der Waals surface area contributed by atoms with E-state index in [9.17, 15) is 0 Å². The lowest BCUT2D eigenvalue weighted by Gasteiger charge is -2.46. The van der Waals surface area contributed by atoms with E-state index in [0.717, 1.165) is 25.9 Å². The molecule has 0 heterocycles. The standard InChI is InChI=1S/C18H32N2/c1-7-18(5,20(8-2)9-3)17(19-6)14-16-12-10-11-15(4)13-16/h10-13,17,19H,7-9,14H2,1-6H3. The molecule has 0 radical (unpaired) electrons. The second-order valence-corrected chi connectivity index (χ2v) is 5.92. The predicted octanol–water partition coefficient (Wildman–Crippen LogP) is 3.64. The maximum Gasteiger partial charge on any atom is 0.0334 e. The largest absolute Gasteiger partial charge is 0.315 e. The number of nitrogens with zero attached hydrogens (tertiary/aromatic N) is 1. The fourth-order valence-corrected chi connectivity index (χ4v) is 3.34. The van der Waals surface area contributed by atoms with E-state index < -0.39 is 0 Å². The number of aryl methyl sites for hydroxylation is 1. The minimum absolute atomic E-state index is 0.196.